The third-order valence-electron chi connectivity index (χ3n) is 3.89. The molecule has 2 N–H and O–H groups in total. The van der Waals surface area contributed by atoms with Crippen LogP contribution in [0.1, 0.15) is 40.5 Å². The highest BCUT2D eigenvalue weighted by Gasteiger charge is 2.42. The fourth-order valence-electron chi connectivity index (χ4n) is 2.90. The molecule has 2 aromatic rings. The molecular formula is C16H22BrN5O2. The molecule has 2 heterocycles. The Morgan fingerprint density at radius 1 is 1.46 bits per heavy atom. The fourth-order valence-corrected chi connectivity index (χ4v) is 3.30. The summed E-state index contributed by atoms with van der Waals surface area (Å²) in [6, 6.07) is 2.15. The Hall–Kier alpha value is -1.83. The minimum Gasteiger partial charge on any atom is -0.444 e. The Morgan fingerprint density at radius 3 is 2.83 bits per heavy atom. The number of amides is 1. The van der Waals surface area contributed by atoms with Gasteiger partial charge in [-0.1, -0.05) is 0 Å². The second kappa shape index (κ2) is 5.91. The highest BCUT2D eigenvalue weighted by atomic mass is 79.9. The van der Waals surface area contributed by atoms with Crippen molar-refractivity contribution in [1.29, 1.82) is 0 Å². The molecule has 3 rings (SSSR count). The van der Waals surface area contributed by atoms with Crippen LogP contribution >= 0.6 is 15.9 Å². The maximum atomic E-state index is 11.9. The number of anilines is 1. The minimum absolute atomic E-state index is 0.224. The fraction of sp³-hybridized carbons (Fsp3) is 0.562. The monoisotopic (exact) mass is 395 g/mol. The number of hydrogen-bond donors (Lipinski definition) is 2. The van der Waals surface area contributed by atoms with Gasteiger partial charge >= 0.3 is 6.09 Å². The number of carbonyl (C=O) groups excluding carboxylic acids is 1. The summed E-state index contributed by atoms with van der Waals surface area (Å²) in [5, 5.41) is 10.7. The van der Waals surface area contributed by atoms with Gasteiger partial charge in [-0.05, 0) is 62.5 Å². The van der Waals surface area contributed by atoms with Gasteiger partial charge in [0.05, 0.1) is 11.7 Å². The van der Waals surface area contributed by atoms with Crippen LogP contribution in [-0.2, 0) is 4.74 Å². The van der Waals surface area contributed by atoms with E-state index in [9.17, 15) is 4.79 Å². The zero-order valence-corrected chi connectivity index (χ0v) is 15.8. The van der Waals surface area contributed by atoms with Gasteiger partial charge in [0, 0.05) is 22.3 Å². The molecule has 0 aliphatic heterocycles. The lowest BCUT2D eigenvalue weighted by atomic mass is 9.74. The molecule has 1 aliphatic carbocycles. The number of ether oxygens (including phenoxy) is 1. The van der Waals surface area contributed by atoms with Crippen molar-refractivity contribution >= 4 is 33.5 Å². The van der Waals surface area contributed by atoms with Crippen LogP contribution in [0.3, 0.4) is 0 Å². The Kier molecular flexibility index (Phi) is 4.19. The van der Waals surface area contributed by atoms with Crippen molar-refractivity contribution < 1.29 is 9.53 Å². The number of rotatable bonds is 3. The average molecular weight is 396 g/mol. The number of carbonyl (C=O) groups is 1. The van der Waals surface area contributed by atoms with Gasteiger partial charge < -0.3 is 15.4 Å². The van der Waals surface area contributed by atoms with Crippen LogP contribution in [0.4, 0.5) is 10.7 Å². The van der Waals surface area contributed by atoms with Crippen molar-refractivity contribution in [2.24, 2.45) is 0 Å². The van der Waals surface area contributed by atoms with Crippen LogP contribution < -0.4 is 10.6 Å². The van der Waals surface area contributed by atoms with Gasteiger partial charge in [-0.2, -0.15) is 0 Å². The van der Waals surface area contributed by atoms with Crippen LogP contribution in [-0.4, -0.2) is 37.9 Å². The van der Waals surface area contributed by atoms with Crippen LogP contribution in [0.5, 0.6) is 0 Å². The molecule has 1 saturated carbocycles. The maximum Gasteiger partial charge on any atom is 0.408 e. The highest BCUT2D eigenvalue weighted by Crippen LogP contribution is 2.34. The van der Waals surface area contributed by atoms with E-state index in [-0.39, 0.29) is 17.7 Å². The lowest BCUT2D eigenvalue weighted by molar-refractivity contribution is 0.0393. The molecular weight excluding hydrogens is 374 g/mol. The molecule has 2 aromatic heterocycles. The van der Waals surface area contributed by atoms with Gasteiger partial charge in [-0.25, -0.2) is 14.3 Å². The molecule has 0 unspecified atom stereocenters. The number of nitrogens with one attached hydrogen (secondary N) is 2. The molecule has 24 heavy (non-hydrogen) atoms. The lowest BCUT2D eigenvalue weighted by Gasteiger charge is -2.45. The van der Waals surface area contributed by atoms with E-state index < -0.39 is 5.60 Å². The van der Waals surface area contributed by atoms with E-state index >= 15 is 0 Å². The van der Waals surface area contributed by atoms with E-state index in [4.69, 9.17) is 4.74 Å². The number of aromatic nitrogens is 3. The number of hydrogen-bond acceptors (Lipinski definition) is 5. The molecule has 1 aliphatic rings. The summed E-state index contributed by atoms with van der Waals surface area (Å²) in [5.74, 6) is 0.579. The normalized spacial score (nSPS) is 23.6. The second-order valence-corrected chi connectivity index (χ2v) is 8.37. The molecule has 0 radical (unpaired) electrons. The third kappa shape index (κ3) is 3.80. The predicted molar refractivity (Wildman–Crippen MR) is 95.1 cm³/mol. The first-order chi connectivity index (χ1) is 11.1. The average Bonchev–Trinajstić information content (AvgIpc) is 2.76. The summed E-state index contributed by atoms with van der Waals surface area (Å²) in [5.41, 5.74) is 0.169. The molecule has 0 spiro atoms. The van der Waals surface area contributed by atoms with E-state index in [1.807, 2.05) is 40.0 Å². The number of fused-ring (bicyclic) bond motifs is 1. The van der Waals surface area contributed by atoms with E-state index in [0.717, 1.165) is 22.8 Å². The smallest absolute Gasteiger partial charge is 0.408 e. The quantitative estimate of drug-likeness (QED) is 0.832. The molecule has 0 bridgehead atoms. The topological polar surface area (TPSA) is 80.5 Å². The third-order valence-corrected chi connectivity index (χ3v) is 4.57. The standard InChI is InChI=1S/C16H22BrN5O2/c1-15(2,3)24-14(23)20-16(4)7-10(8-16)19-13-18-9-12-11(17)5-6-22(12)21-13/h5-6,9-10H,7-8H2,1-4H3,(H,19,21)(H,20,23). The molecule has 8 heteroatoms. The zero-order valence-electron chi connectivity index (χ0n) is 14.3. The van der Waals surface area contributed by atoms with Gasteiger partial charge in [0.1, 0.15) is 5.60 Å². The van der Waals surface area contributed by atoms with E-state index in [1.165, 1.54) is 0 Å². The first kappa shape index (κ1) is 17.0. The van der Waals surface area contributed by atoms with Gasteiger partial charge in [-0.3, -0.25) is 0 Å². The Morgan fingerprint density at radius 2 is 2.17 bits per heavy atom. The summed E-state index contributed by atoms with van der Waals surface area (Å²) in [6.07, 6.45) is 4.86. The largest absolute Gasteiger partial charge is 0.444 e. The second-order valence-electron chi connectivity index (χ2n) is 7.51. The van der Waals surface area contributed by atoms with Crippen molar-refractivity contribution in [3.8, 4) is 0 Å². The van der Waals surface area contributed by atoms with Crippen molar-refractivity contribution in [2.75, 3.05) is 5.32 Å². The van der Waals surface area contributed by atoms with Crippen LogP contribution in [0.25, 0.3) is 5.52 Å². The van der Waals surface area contributed by atoms with E-state index in [1.54, 1.807) is 10.7 Å². The Labute approximate surface area is 149 Å². The first-order valence-electron chi connectivity index (χ1n) is 7.91. The summed E-state index contributed by atoms with van der Waals surface area (Å²) >= 11 is 3.45. The van der Waals surface area contributed by atoms with Gasteiger partial charge in [0.2, 0.25) is 5.95 Å². The maximum absolute atomic E-state index is 11.9. The molecule has 0 atom stereocenters. The van der Waals surface area contributed by atoms with Crippen molar-refractivity contribution in [3.05, 3.63) is 22.9 Å². The molecule has 0 saturated heterocycles. The Balaban J connectivity index is 1.54. The summed E-state index contributed by atoms with van der Waals surface area (Å²) in [6.45, 7) is 7.58. The first-order valence-corrected chi connectivity index (χ1v) is 8.70. The van der Waals surface area contributed by atoms with Gasteiger partial charge in [0.25, 0.3) is 0 Å². The zero-order chi connectivity index (χ0) is 17.5. The van der Waals surface area contributed by atoms with E-state index in [2.05, 4.69) is 36.6 Å². The van der Waals surface area contributed by atoms with Crippen molar-refractivity contribution in [2.45, 2.75) is 57.7 Å². The number of nitrogens with zero attached hydrogens (tertiary/aromatic N) is 3. The molecule has 7 nitrogen and oxygen atoms in total. The molecule has 1 fully saturated rings. The van der Waals surface area contributed by atoms with Crippen molar-refractivity contribution in [1.82, 2.24) is 19.9 Å². The molecule has 1 amide bonds. The summed E-state index contributed by atoms with van der Waals surface area (Å²) < 4.78 is 8.05. The SMILES string of the molecule is CC1(NC(=O)OC(C)(C)C)CC(Nc2ncc3c(Br)ccn3n2)C1. The summed E-state index contributed by atoms with van der Waals surface area (Å²) in [4.78, 5) is 16.2. The van der Waals surface area contributed by atoms with E-state index in [0.29, 0.717) is 5.95 Å². The minimum atomic E-state index is -0.490. The highest BCUT2D eigenvalue weighted by molar-refractivity contribution is 9.10. The van der Waals surface area contributed by atoms with Crippen LogP contribution in [0, 0.1) is 0 Å². The molecule has 0 aromatic carbocycles. The number of alkyl carbamates (subject to hydrolysis) is 1. The lowest BCUT2D eigenvalue weighted by Crippen LogP contribution is -2.60. The predicted octanol–water partition coefficient (Wildman–Crippen LogP) is 3.35. The van der Waals surface area contributed by atoms with Crippen molar-refractivity contribution in [3.63, 3.8) is 0 Å². The molecule has 130 valence electrons. The summed E-state index contributed by atoms with van der Waals surface area (Å²) in [7, 11) is 0. The van der Waals surface area contributed by atoms with Gasteiger partial charge in [-0.15, -0.1) is 5.10 Å². The van der Waals surface area contributed by atoms with Crippen LogP contribution in [0.2, 0.25) is 0 Å². The van der Waals surface area contributed by atoms with Gasteiger partial charge in [0.15, 0.2) is 0 Å². The Bertz CT molecular complexity index is 761. The van der Waals surface area contributed by atoms with Crippen LogP contribution in [0.15, 0.2) is 22.9 Å². The number of halogens is 1.